The number of fused-ring (bicyclic) bond motifs is 1. The number of ether oxygens (including phenoxy) is 2. The van der Waals surface area contributed by atoms with Crippen LogP contribution in [0.3, 0.4) is 0 Å². The summed E-state index contributed by atoms with van der Waals surface area (Å²) in [5.41, 5.74) is -0.701. The summed E-state index contributed by atoms with van der Waals surface area (Å²) in [6.07, 6.45) is 0. The van der Waals surface area contributed by atoms with Crippen molar-refractivity contribution in [3.8, 4) is 5.75 Å². The van der Waals surface area contributed by atoms with E-state index >= 15 is 0 Å². The van der Waals surface area contributed by atoms with Gasteiger partial charge in [-0.25, -0.2) is 14.6 Å². The Bertz CT molecular complexity index is 1170. The van der Waals surface area contributed by atoms with Gasteiger partial charge in [-0.15, -0.1) is 0 Å². The molecule has 0 aliphatic carbocycles. The quantitative estimate of drug-likeness (QED) is 0.662. The number of hydrogen-bond donors (Lipinski definition) is 1. The van der Waals surface area contributed by atoms with Crippen LogP contribution in [-0.4, -0.2) is 34.7 Å². The molecule has 3 rings (SSSR count). The van der Waals surface area contributed by atoms with Crippen LogP contribution in [0.2, 0.25) is 10.0 Å². The standard InChI is InChI=1S/C17H13Cl2N3O5/c1-26-10-5-9(20-12(6-10)16(24)27-2)7-22-13-4-8(18)3-11(19)14(13)15(23)21-17(22)25/h3-6H,7H2,1-2H3,(H,21,23,25). The zero-order valence-corrected chi connectivity index (χ0v) is 15.7. The van der Waals surface area contributed by atoms with Gasteiger partial charge in [0.25, 0.3) is 5.56 Å². The highest BCUT2D eigenvalue weighted by molar-refractivity contribution is 6.38. The van der Waals surface area contributed by atoms with Crippen LogP contribution in [0.5, 0.6) is 5.75 Å². The first-order valence-electron chi connectivity index (χ1n) is 7.59. The Balaban J connectivity index is 2.22. The largest absolute Gasteiger partial charge is 0.497 e. The van der Waals surface area contributed by atoms with Crippen LogP contribution in [0.15, 0.2) is 33.9 Å². The summed E-state index contributed by atoms with van der Waals surface area (Å²) < 4.78 is 11.1. The maximum absolute atomic E-state index is 12.4. The van der Waals surface area contributed by atoms with Crippen molar-refractivity contribution in [2.75, 3.05) is 14.2 Å². The molecule has 0 spiro atoms. The molecule has 0 saturated heterocycles. The van der Waals surface area contributed by atoms with E-state index in [0.29, 0.717) is 11.4 Å². The van der Waals surface area contributed by atoms with Crippen LogP contribution in [0.25, 0.3) is 10.9 Å². The van der Waals surface area contributed by atoms with Gasteiger partial charge in [0.15, 0.2) is 5.69 Å². The van der Waals surface area contributed by atoms with Gasteiger partial charge >= 0.3 is 11.7 Å². The summed E-state index contributed by atoms with van der Waals surface area (Å²) in [5.74, 6) is -0.293. The number of nitrogens with one attached hydrogen (secondary N) is 1. The van der Waals surface area contributed by atoms with Crippen LogP contribution in [0, 0.1) is 0 Å². The molecule has 8 nitrogen and oxygen atoms in total. The minimum atomic E-state index is -0.671. The molecule has 0 amide bonds. The smallest absolute Gasteiger partial charge is 0.356 e. The molecule has 3 aromatic rings. The number of rotatable bonds is 4. The highest BCUT2D eigenvalue weighted by atomic mass is 35.5. The van der Waals surface area contributed by atoms with Crippen LogP contribution in [-0.2, 0) is 11.3 Å². The van der Waals surface area contributed by atoms with Crippen molar-refractivity contribution >= 4 is 40.1 Å². The van der Waals surface area contributed by atoms with Crippen LogP contribution >= 0.6 is 23.2 Å². The fourth-order valence-corrected chi connectivity index (χ4v) is 3.19. The van der Waals surface area contributed by atoms with Crippen molar-refractivity contribution in [3.63, 3.8) is 0 Å². The lowest BCUT2D eigenvalue weighted by Gasteiger charge is -2.12. The third-order valence-corrected chi connectivity index (χ3v) is 4.34. The van der Waals surface area contributed by atoms with Gasteiger partial charge in [-0.1, -0.05) is 23.2 Å². The first-order chi connectivity index (χ1) is 12.8. The van der Waals surface area contributed by atoms with Crippen LogP contribution in [0.1, 0.15) is 16.2 Å². The van der Waals surface area contributed by atoms with Crippen molar-refractivity contribution in [3.05, 3.63) is 66.5 Å². The third-order valence-electron chi connectivity index (χ3n) is 3.82. The van der Waals surface area contributed by atoms with E-state index in [1.165, 1.54) is 37.0 Å². The third kappa shape index (κ3) is 3.67. The number of hydrogen-bond acceptors (Lipinski definition) is 6. The lowest BCUT2D eigenvalue weighted by atomic mass is 10.2. The van der Waals surface area contributed by atoms with Crippen molar-refractivity contribution in [1.82, 2.24) is 14.5 Å². The molecule has 0 aliphatic heterocycles. The number of esters is 1. The maximum Gasteiger partial charge on any atom is 0.356 e. The Morgan fingerprint density at radius 1 is 1.19 bits per heavy atom. The SMILES string of the molecule is COC(=O)c1cc(OC)cc(Cn2c(=O)[nH]c(=O)c3c(Cl)cc(Cl)cc32)n1. The van der Waals surface area contributed by atoms with E-state index in [9.17, 15) is 14.4 Å². The molecular weight excluding hydrogens is 397 g/mol. The van der Waals surface area contributed by atoms with Crippen LogP contribution in [0.4, 0.5) is 0 Å². The van der Waals surface area contributed by atoms with E-state index in [-0.39, 0.29) is 33.2 Å². The molecule has 2 heterocycles. The molecule has 1 aromatic carbocycles. The molecule has 0 radical (unpaired) electrons. The van der Waals surface area contributed by atoms with E-state index in [2.05, 4.69) is 14.7 Å². The molecule has 10 heteroatoms. The first kappa shape index (κ1) is 18.9. The fraction of sp³-hybridized carbons (Fsp3) is 0.176. The Hall–Kier alpha value is -2.84. The molecule has 0 fully saturated rings. The van der Waals surface area contributed by atoms with E-state index < -0.39 is 17.2 Å². The number of nitrogens with zero attached hydrogens (tertiary/aromatic N) is 2. The molecule has 0 saturated carbocycles. The second-order valence-electron chi connectivity index (χ2n) is 5.50. The number of carbonyl (C=O) groups is 1. The average molecular weight is 410 g/mol. The summed E-state index contributed by atoms with van der Waals surface area (Å²) in [4.78, 5) is 42.7. The number of aromatic amines is 1. The molecule has 0 unspecified atom stereocenters. The number of H-pyrrole nitrogens is 1. The van der Waals surface area contributed by atoms with Gasteiger partial charge in [0.05, 0.1) is 42.4 Å². The minimum absolute atomic E-state index is 0.0182. The van der Waals surface area contributed by atoms with E-state index in [1.54, 1.807) is 6.07 Å². The highest BCUT2D eigenvalue weighted by Crippen LogP contribution is 2.25. The molecule has 0 aliphatic rings. The second kappa shape index (κ2) is 7.42. The number of methoxy groups -OCH3 is 2. The van der Waals surface area contributed by atoms with Crippen molar-refractivity contribution < 1.29 is 14.3 Å². The Morgan fingerprint density at radius 3 is 2.59 bits per heavy atom. The van der Waals surface area contributed by atoms with Gasteiger partial charge in [0.2, 0.25) is 0 Å². The molecule has 1 N–H and O–H groups in total. The Morgan fingerprint density at radius 2 is 1.93 bits per heavy atom. The topological polar surface area (TPSA) is 103 Å². The summed E-state index contributed by atoms with van der Waals surface area (Å²) in [7, 11) is 2.66. The number of pyridine rings is 1. The number of aromatic nitrogens is 3. The van der Waals surface area contributed by atoms with Gasteiger partial charge < -0.3 is 9.47 Å². The molecule has 2 aromatic heterocycles. The van der Waals surface area contributed by atoms with Gasteiger partial charge in [0, 0.05) is 17.2 Å². The van der Waals surface area contributed by atoms with Crippen molar-refractivity contribution in [1.29, 1.82) is 0 Å². The number of benzene rings is 1. The lowest BCUT2D eigenvalue weighted by Crippen LogP contribution is -2.31. The van der Waals surface area contributed by atoms with E-state index in [4.69, 9.17) is 27.9 Å². The van der Waals surface area contributed by atoms with Crippen molar-refractivity contribution in [2.45, 2.75) is 6.54 Å². The minimum Gasteiger partial charge on any atom is -0.497 e. The Kier molecular flexibility index (Phi) is 5.20. The molecule has 140 valence electrons. The van der Waals surface area contributed by atoms with E-state index in [0.717, 1.165) is 0 Å². The lowest BCUT2D eigenvalue weighted by molar-refractivity contribution is 0.0593. The predicted molar refractivity (Wildman–Crippen MR) is 100 cm³/mol. The monoisotopic (exact) mass is 409 g/mol. The summed E-state index contributed by atoms with van der Waals surface area (Å²) >= 11 is 12.1. The summed E-state index contributed by atoms with van der Waals surface area (Å²) in [6.45, 7) is -0.0655. The zero-order chi connectivity index (χ0) is 19.7. The second-order valence-corrected chi connectivity index (χ2v) is 6.35. The van der Waals surface area contributed by atoms with Gasteiger partial charge in [-0.05, 0) is 12.1 Å². The van der Waals surface area contributed by atoms with Crippen LogP contribution < -0.4 is 16.0 Å². The average Bonchev–Trinajstić information content (AvgIpc) is 2.63. The molecule has 0 bridgehead atoms. The fourth-order valence-electron chi connectivity index (χ4n) is 2.62. The van der Waals surface area contributed by atoms with Gasteiger partial charge in [-0.2, -0.15) is 0 Å². The molecule has 27 heavy (non-hydrogen) atoms. The summed E-state index contributed by atoms with van der Waals surface area (Å²) in [6, 6.07) is 5.84. The zero-order valence-electron chi connectivity index (χ0n) is 14.2. The van der Waals surface area contributed by atoms with Crippen molar-refractivity contribution in [2.24, 2.45) is 0 Å². The molecule has 0 atom stereocenters. The summed E-state index contributed by atoms with van der Waals surface area (Å²) in [5, 5.41) is 0.498. The number of carbonyl (C=O) groups excluding carboxylic acids is 1. The van der Waals surface area contributed by atoms with E-state index in [1.807, 2.05) is 0 Å². The first-order valence-corrected chi connectivity index (χ1v) is 8.34. The number of halogens is 2. The predicted octanol–water partition coefficient (Wildman–Crippen LogP) is 2.24. The van der Waals surface area contributed by atoms with Gasteiger partial charge in [-0.3, -0.25) is 14.3 Å². The Labute approximate surface area is 162 Å². The normalized spacial score (nSPS) is 10.8. The molecular formula is C17H13Cl2N3O5. The maximum atomic E-state index is 12.4. The highest BCUT2D eigenvalue weighted by Gasteiger charge is 2.15. The van der Waals surface area contributed by atoms with Gasteiger partial charge in [0.1, 0.15) is 5.75 Å².